The van der Waals surface area contributed by atoms with Crippen LogP contribution in [0.1, 0.15) is 36.2 Å². The van der Waals surface area contributed by atoms with Crippen molar-refractivity contribution in [3.05, 3.63) is 16.9 Å². The van der Waals surface area contributed by atoms with Crippen LogP contribution in [0.5, 0.6) is 0 Å². The molecule has 0 radical (unpaired) electrons. The van der Waals surface area contributed by atoms with Gasteiger partial charge in [-0.25, -0.2) is 0 Å². The Balaban J connectivity index is 1.81. The lowest BCUT2D eigenvalue weighted by Crippen LogP contribution is -2.24. The third-order valence-electron chi connectivity index (χ3n) is 4.61. The van der Waals surface area contributed by atoms with E-state index in [0.29, 0.717) is 29.8 Å². The van der Waals surface area contributed by atoms with Crippen molar-refractivity contribution in [2.24, 2.45) is 17.8 Å². The topological polar surface area (TPSA) is 44.1 Å². The Bertz CT molecular complexity index is 486. The number of rotatable bonds is 5. The van der Waals surface area contributed by atoms with Crippen molar-refractivity contribution >= 4 is 17.4 Å². The molecule has 2 aliphatic carbocycles. The monoisotopic (exact) mass is 282 g/mol. The first kappa shape index (κ1) is 13.1. The summed E-state index contributed by atoms with van der Waals surface area (Å²) in [5, 5.41) is 4.67. The SMILES string of the molecule is COCCn1ncc(Cl)c1C(=O)C1CC2CCC1C2. The Morgan fingerprint density at radius 3 is 3.00 bits per heavy atom. The molecule has 1 aromatic rings. The number of halogens is 1. The number of carbonyl (C=O) groups is 1. The highest BCUT2D eigenvalue weighted by molar-refractivity contribution is 6.33. The molecular formula is C14H19ClN2O2. The third-order valence-corrected chi connectivity index (χ3v) is 4.89. The second-order valence-corrected chi connectivity index (χ2v) is 6.11. The Labute approximate surface area is 118 Å². The van der Waals surface area contributed by atoms with Crippen LogP contribution in [-0.2, 0) is 11.3 Å². The van der Waals surface area contributed by atoms with Crippen molar-refractivity contribution in [2.75, 3.05) is 13.7 Å². The van der Waals surface area contributed by atoms with E-state index in [1.54, 1.807) is 18.0 Å². The smallest absolute Gasteiger partial charge is 0.185 e. The highest BCUT2D eigenvalue weighted by atomic mass is 35.5. The fourth-order valence-electron chi connectivity index (χ4n) is 3.70. The lowest BCUT2D eigenvalue weighted by atomic mass is 9.84. The Morgan fingerprint density at radius 2 is 2.37 bits per heavy atom. The average Bonchev–Trinajstić information content (AvgIpc) is 3.10. The normalized spacial score (nSPS) is 29.1. The molecule has 0 N–H and O–H groups in total. The lowest BCUT2D eigenvalue weighted by molar-refractivity contribution is 0.0860. The van der Waals surface area contributed by atoms with Crippen LogP contribution < -0.4 is 0 Å². The molecule has 1 aromatic heterocycles. The summed E-state index contributed by atoms with van der Waals surface area (Å²) in [6, 6.07) is 0. The van der Waals surface area contributed by atoms with Crippen molar-refractivity contribution in [3.63, 3.8) is 0 Å². The number of hydrogen-bond acceptors (Lipinski definition) is 3. The predicted molar refractivity (Wildman–Crippen MR) is 72.4 cm³/mol. The van der Waals surface area contributed by atoms with E-state index in [4.69, 9.17) is 16.3 Å². The lowest BCUT2D eigenvalue weighted by Gasteiger charge is -2.20. The number of fused-ring (bicyclic) bond motifs is 2. The van der Waals surface area contributed by atoms with E-state index in [2.05, 4.69) is 5.10 Å². The molecule has 2 aliphatic rings. The van der Waals surface area contributed by atoms with Crippen LogP contribution in [0.2, 0.25) is 5.02 Å². The van der Waals surface area contributed by atoms with Crippen LogP contribution in [0.3, 0.4) is 0 Å². The van der Waals surface area contributed by atoms with E-state index >= 15 is 0 Å². The Morgan fingerprint density at radius 1 is 1.53 bits per heavy atom. The highest BCUT2D eigenvalue weighted by Gasteiger charge is 2.44. The van der Waals surface area contributed by atoms with Crippen molar-refractivity contribution in [3.8, 4) is 0 Å². The molecule has 2 bridgehead atoms. The highest BCUT2D eigenvalue weighted by Crippen LogP contribution is 2.49. The summed E-state index contributed by atoms with van der Waals surface area (Å²) in [7, 11) is 1.64. The van der Waals surface area contributed by atoms with Crippen LogP contribution in [-0.4, -0.2) is 29.3 Å². The average molecular weight is 283 g/mol. The standard InChI is InChI=1S/C14H19ClN2O2/c1-19-5-4-17-13(12(15)8-16-17)14(18)11-7-9-2-3-10(11)6-9/h8-11H,2-7H2,1H3. The van der Waals surface area contributed by atoms with Crippen LogP contribution in [0.15, 0.2) is 6.20 Å². The summed E-state index contributed by atoms with van der Waals surface area (Å²) in [5.41, 5.74) is 0.580. The maximum atomic E-state index is 12.7. The largest absolute Gasteiger partial charge is 0.383 e. The van der Waals surface area contributed by atoms with E-state index in [1.807, 2.05) is 0 Å². The first-order valence-electron chi connectivity index (χ1n) is 6.95. The van der Waals surface area contributed by atoms with Gasteiger partial charge in [0.15, 0.2) is 5.78 Å². The molecule has 3 unspecified atom stereocenters. The number of methoxy groups -OCH3 is 1. The van der Waals surface area contributed by atoms with Gasteiger partial charge >= 0.3 is 0 Å². The number of nitrogens with zero attached hydrogens (tertiary/aromatic N) is 2. The fourth-order valence-corrected chi connectivity index (χ4v) is 3.93. The van der Waals surface area contributed by atoms with Crippen LogP contribution >= 0.6 is 11.6 Å². The molecule has 0 saturated heterocycles. The summed E-state index contributed by atoms with van der Waals surface area (Å²) >= 11 is 6.15. The first-order valence-corrected chi connectivity index (χ1v) is 7.33. The molecule has 5 heteroatoms. The molecule has 0 amide bonds. The molecule has 3 atom stereocenters. The maximum Gasteiger partial charge on any atom is 0.185 e. The zero-order valence-corrected chi connectivity index (χ0v) is 11.9. The van der Waals surface area contributed by atoms with E-state index < -0.39 is 0 Å². The van der Waals surface area contributed by atoms with Gasteiger partial charge in [-0.05, 0) is 31.1 Å². The van der Waals surface area contributed by atoms with Crippen LogP contribution in [0.25, 0.3) is 0 Å². The molecule has 3 rings (SSSR count). The van der Waals surface area contributed by atoms with Crippen molar-refractivity contribution in [2.45, 2.75) is 32.2 Å². The fraction of sp³-hybridized carbons (Fsp3) is 0.714. The predicted octanol–water partition coefficient (Wildman–Crippen LogP) is 2.80. The maximum absolute atomic E-state index is 12.7. The number of carbonyl (C=O) groups excluding carboxylic acids is 1. The van der Waals surface area contributed by atoms with Gasteiger partial charge in [-0.3, -0.25) is 9.48 Å². The van der Waals surface area contributed by atoms with E-state index in [1.165, 1.54) is 19.3 Å². The minimum atomic E-state index is 0.161. The molecule has 4 nitrogen and oxygen atoms in total. The van der Waals surface area contributed by atoms with Gasteiger partial charge in [0, 0.05) is 13.0 Å². The second kappa shape index (κ2) is 5.25. The van der Waals surface area contributed by atoms with Gasteiger partial charge in [-0.2, -0.15) is 5.10 Å². The third kappa shape index (κ3) is 2.32. The molecule has 1 heterocycles. The number of hydrogen-bond donors (Lipinski definition) is 0. The van der Waals surface area contributed by atoms with E-state index in [0.717, 1.165) is 12.3 Å². The molecule has 2 saturated carbocycles. The van der Waals surface area contributed by atoms with Gasteiger partial charge < -0.3 is 4.74 Å². The van der Waals surface area contributed by atoms with Gasteiger partial charge in [0.05, 0.1) is 24.4 Å². The van der Waals surface area contributed by atoms with E-state index in [-0.39, 0.29) is 11.7 Å². The number of ether oxygens (including phenoxy) is 1. The summed E-state index contributed by atoms with van der Waals surface area (Å²) in [6.45, 7) is 1.11. The molecule has 0 aromatic carbocycles. The minimum absolute atomic E-state index is 0.161. The van der Waals surface area contributed by atoms with Crippen molar-refractivity contribution in [1.82, 2.24) is 9.78 Å². The van der Waals surface area contributed by atoms with Gasteiger partial charge in [-0.15, -0.1) is 0 Å². The second-order valence-electron chi connectivity index (χ2n) is 5.70. The molecule has 104 valence electrons. The van der Waals surface area contributed by atoms with Gasteiger partial charge in [-0.1, -0.05) is 18.0 Å². The van der Waals surface area contributed by atoms with Gasteiger partial charge in [0.1, 0.15) is 5.69 Å². The Kier molecular flexibility index (Phi) is 3.63. The van der Waals surface area contributed by atoms with E-state index in [9.17, 15) is 4.79 Å². The zero-order valence-electron chi connectivity index (χ0n) is 11.1. The zero-order chi connectivity index (χ0) is 13.4. The minimum Gasteiger partial charge on any atom is -0.383 e. The molecular weight excluding hydrogens is 264 g/mol. The quantitative estimate of drug-likeness (QED) is 0.780. The summed E-state index contributed by atoms with van der Waals surface area (Å²) < 4.78 is 6.74. The molecule has 0 spiro atoms. The van der Waals surface area contributed by atoms with Crippen LogP contribution in [0.4, 0.5) is 0 Å². The molecule has 2 fully saturated rings. The first-order chi connectivity index (χ1) is 9.20. The summed E-state index contributed by atoms with van der Waals surface area (Å²) in [6.07, 6.45) is 6.32. The van der Waals surface area contributed by atoms with Crippen molar-refractivity contribution < 1.29 is 9.53 Å². The molecule has 19 heavy (non-hydrogen) atoms. The van der Waals surface area contributed by atoms with Crippen LogP contribution in [0, 0.1) is 17.8 Å². The molecule has 0 aliphatic heterocycles. The summed E-state index contributed by atoms with van der Waals surface area (Å²) in [4.78, 5) is 12.7. The van der Waals surface area contributed by atoms with Gasteiger partial charge in [0.25, 0.3) is 0 Å². The van der Waals surface area contributed by atoms with Gasteiger partial charge in [0.2, 0.25) is 0 Å². The van der Waals surface area contributed by atoms with Crippen molar-refractivity contribution in [1.29, 1.82) is 0 Å². The summed E-state index contributed by atoms with van der Waals surface area (Å²) in [5.74, 6) is 1.67. The number of aromatic nitrogens is 2. The number of Topliss-reactive ketones (excluding diaryl/α,β-unsaturated/α-hetero) is 1. The Hall–Kier alpha value is -0.870. The number of ketones is 1.